The van der Waals surface area contributed by atoms with E-state index in [0.717, 1.165) is 18.7 Å². The molecule has 3 aromatic rings. The molecule has 0 bridgehead atoms. The third kappa shape index (κ3) is 5.24. The van der Waals surface area contributed by atoms with Crippen molar-refractivity contribution in [2.45, 2.75) is 6.92 Å². The highest BCUT2D eigenvalue weighted by Crippen LogP contribution is 2.19. The van der Waals surface area contributed by atoms with Crippen molar-refractivity contribution >= 4 is 23.6 Å². The molecule has 5 nitrogen and oxygen atoms in total. The molecule has 0 spiro atoms. The normalized spacial score (nSPS) is 14.2. The van der Waals surface area contributed by atoms with Crippen LogP contribution in [-0.2, 0) is 4.79 Å². The van der Waals surface area contributed by atoms with E-state index in [4.69, 9.17) is 0 Å². The molecule has 1 saturated heterocycles. The summed E-state index contributed by atoms with van der Waals surface area (Å²) in [5.41, 5.74) is 4.06. The SMILES string of the molecule is Cc1cccc(N2CCN(C(=O)/C(=C/c3ccccc3)NC(=O)c3ccccc3)CC2)c1. The van der Waals surface area contributed by atoms with Crippen LogP contribution >= 0.6 is 0 Å². The second-order valence-electron chi connectivity index (χ2n) is 7.91. The molecule has 0 unspecified atom stereocenters. The Labute approximate surface area is 189 Å². The monoisotopic (exact) mass is 425 g/mol. The fraction of sp³-hybridized carbons (Fsp3) is 0.185. The van der Waals surface area contributed by atoms with Crippen LogP contribution in [0.5, 0.6) is 0 Å². The van der Waals surface area contributed by atoms with Crippen LogP contribution in [0.3, 0.4) is 0 Å². The largest absolute Gasteiger partial charge is 0.368 e. The Bertz CT molecular complexity index is 1100. The maximum atomic E-state index is 13.4. The Balaban J connectivity index is 1.50. The van der Waals surface area contributed by atoms with Crippen LogP contribution in [0.1, 0.15) is 21.5 Å². The van der Waals surface area contributed by atoms with Gasteiger partial charge in [-0.05, 0) is 48.4 Å². The lowest BCUT2D eigenvalue weighted by molar-refractivity contribution is -0.127. The third-order valence-electron chi connectivity index (χ3n) is 5.56. The predicted octanol–water partition coefficient (Wildman–Crippen LogP) is 4.11. The Hall–Kier alpha value is -3.86. The second kappa shape index (κ2) is 9.96. The van der Waals surface area contributed by atoms with Gasteiger partial charge in [-0.15, -0.1) is 0 Å². The molecule has 0 aliphatic carbocycles. The Morgan fingerprint density at radius 2 is 1.47 bits per heavy atom. The number of amides is 2. The lowest BCUT2D eigenvalue weighted by Crippen LogP contribution is -2.50. The summed E-state index contributed by atoms with van der Waals surface area (Å²) in [5, 5.41) is 2.85. The minimum atomic E-state index is -0.292. The minimum absolute atomic E-state index is 0.165. The summed E-state index contributed by atoms with van der Waals surface area (Å²) in [6, 6.07) is 26.9. The second-order valence-corrected chi connectivity index (χ2v) is 7.91. The van der Waals surface area contributed by atoms with Crippen LogP contribution in [0.4, 0.5) is 5.69 Å². The Morgan fingerprint density at radius 3 is 2.12 bits per heavy atom. The van der Waals surface area contributed by atoms with Crippen LogP contribution in [-0.4, -0.2) is 42.9 Å². The summed E-state index contributed by atoms with van der Waals surface area (Å²) < 4.78 is 0. The lowest BCUT2D eigenvalue weighted by Gasteiger charge is -2.36. The standard InChI is InChI=1S/C27H27N3O2/c1-21-9-8-14-24(19-21)29-15-17-30(18-16-29)27(32)25(20-22-10-4-2-5-11-22)28-26(31)23-12-6-3-7-13-23/h2-14,19-20H,15-18H2,1H3,(H,28,31)/b25-20-. The van der Waals surface area contributed by atoms with Crippen LogP contribution in [0.25, 0.3) is 6.08 Å². The summed E-state index contributed by atoms with van der Waals surface area (Å²) in [6.45, 7) is 4.78. The van der Waals surface area contributed by atoms with Crippen molar-refractivity contribution in [2.24, 2.45) is 0 Å². The number of rotatable bonds is 5. The first-order chi connectivity index (χ1) is 15.6. The number of anilines is 1. The van der Waals surface area contributed by atoms with Crippen molar-refractivity contribution in [3.8, 4) is 0 Å². The molecule has 162 valence electrons. The van der Waals surface area contributed by atoms with Crippen molar-refractivity contribution in [1.82, 2.24) is 10.2 Å². The van der Waals surface area contributed by atoms with Gasteiger partial charge < -0.3 is 15.1 Å². The molecule has 1 N–H and O–H groups in total. The summed E-state index contributed by atoms with van der Waals surface area (Å²) in [5.74, 6) is -0.457. The smallest absolute Gasteiger partial charge is 0.270 e. The third-order valence-corrected chi connectivity index (χ3v) is 5.56. The number of benzene rings is 3. The number of nitrogens with zero attached hydrogens (tertiary/aromatic N) is 2. The van der Waals surface area contributed by atoms with E-state index in [-0.39, 0.29) is 17.5 Å². The molecule has 2 amide bonds. The van der Waals surface area contributed by atoms with Gasteiger partial charge in [-0.3, -0.25) is 9.59 Å². The molecule has 32 heavy (non-hydrogen) atoms. The summed E-state index contributed by atoms with van der Waals surface area (Å²) in [4.78, 5) is 30.3. The van der Waals surface area contributed by atoms with Crippen LogP contribution in [0.2, 0.25) is 0 Å². The van der Waals surface area contributed by atoms with E-state index in [1.54, 1.807) is 18.2 Å². The topological polar surface area (TPSA) is 52.6 Å². The Morgan fingerprint density at radius 1 is 0.812 bits per heavy atom. The van der Waals surface area contributed by atoms with Crippen LogP contribution in [0.15, 0.2) is 90.6 Å². The maximum absolute atomic E-state index is 13.4. The molecule has 1 heterocycles. The number of carbonyl (C=O) groups is 2. The van der Waals surface area contributed by atoms with Gasteiger partial charge in [-0.2, -0.15) is 0 Å². The summed E-state index contributed by atoms with van der Waals surface area (Å²) >= 11 is 0. The fourth-order valence-electron chi connectivity index (χ4n) is 3.81. The van der Waals surface area contributed by atoms with Crippen molar-refractivity contribution in [3.05, 3.63) is 107 Å². The fourth-order valence-corrected chi connectivity index (χ4v) is 3.81. The number of piperazine rings is 1. The summed E-state index contributed by atoms with van der Waals surface area (Å²) in [7, 11) is 0. The number of aryl methyl sites for hydroxylation is 1. The molecular formula is C27H27N3O2. The molecular weight excluding hydrogens is 398 g/mol. The van der Waals surface area contributed by atoms with E-state index < -0.39 is 0 Å². The number of hydrogen-bond donors (Lipinski definition) is 1. The van der Waals surface area contributed by atoms with Gasteiger partial charge >= 0.3 is 0 Å². The molecule has 3 aromatic carbocycles. The first-order valence-corrected chi connectivity index (χ1v) is 10.8. The van der Waals surface area contributed by atoms with Gasteiger partial charge in [0.25, 0.3) is 11.8 Å². The average Bonchev–Trinajstić information content (AvgIpc) is 2.84. The predicted molar refractivity (Wildman–Crippen MR) is 128 cm³/mol. The quantitative estimate of drug-likeness (QED) is 0.626. The minimum Gasteiger partial charge on any atom is -0.368 e. The van der Waals surface area contributed by atoms with Crippen molar-refractivity contribution in [1.29, 1.82) is 0 Å². The van der Waals surface area contributed by atoms with E-state index in [1.807, 2.05) is 53.4 Å². The van der Waals surface area contributed by atoms with E-state index in [1.165, 1.54) is 11.3 Å². The zero-order valence-electron chi connectivity index (χ0n) is 18.2. The lowest BCUT2D eigenvalue weighted by atomic mass is 10.1. The van der Waals surface area contributed by atoms with Gasteiger partial charge in [0.2, 0.25) is 0 Å². The molecule has 5 heteroatoms. The van der Waals surface area contributed by atoms with Crippen LogP contribution < -0.4 is 10.2 Å². The molecule has 0 aromatic heterocycles. The van der Waals surface area contributed by atoms with Gasteiger partial charge in [0.05, 0.1) is 0 Å². The summed E-state index contributed by atoms with van der Waals surface area (Å²) in [6.07, 6.45) is 1.75. The van der Waals surface area contributed by atoms with Gasteiger partial charge in [0, 0.05) is 37.4 Å². The van der Waals surface area contributed by atoms with E-state index >= 15 is 0 Å². The first kappa shape index (κ1) is 21.4. The molecule has 4 rings (SSSR count). The molecule has 0 saturated carbocycles. The zero-order chi connectivity index (χ0) is 22.3. The van der Waals surface area contributed by atoms with E-state index in [9.17, 15) is 9.59 Å². The molecule has 0 atom stereocenters. The van der Waals surface area contributed by atoms with Crippen molar-refractivity contribution < 1.29 is 9.59 Å². The molecule has 1 fully saturated rings. The number of hydrogen-bond acceptors (Lipinski definition) is 3. The number of nitrogens with one attached hydrogen (secondary N) is 1. The zero-order valence-corrected chi connectivity index (χ0v) is 18.2. The van der Waals surface area contributed by atoms with Gasteiger partial charge in [-0.1, -0.05) is 60.7 Å². The molecule has 1 aliphatic heterocycles. The number of carbonyl (C=O) groups excluding carboxylic acids is 2. The highest BCUT2D eigenvalue weighted by molar-refractivity contribution is 6.05. The van der Waals surface area contributed by atoms with E-state index in [2.05, 4.69) is 41.4 Å². The van der Waals surface area contributed by atoms with Gasteiger partial charge in [-0.25, -0.2) is 0 Å². The highest BCUT2D eigenvalue weighted by Gasteiger charge is 2.25. The first-order valence-electron chi connectivity index (χ1n) is 10.8. The van der Waals surface area contributed by atoms with E-state index in [0.29, 0.717) is 18.7 Å². The van der Waals surface area contributed by atoms with Crippen molar-refractivity contribution in [2.75, 3.05) is 31.1 Å². The maximum Gasteiger partial charge on any atom is 0.270 e. The van der Waals surface area contributed by atoms with Crippen LogP contribution in [0, 0.1) is 6.92 Å². The van der Waals surface area contributed by atoms with Gasteiger partial charge in [0.15, 0.2) is 0 Å². The molecule has 0 radical (unpaired) electrons. The molecule has 1 aliphatic rings. The Kier molecular flexibility index (Phi) is 6.66. The van der Waals surface area contributed by atoms with Crippen molar-refractivity contribution in [3.63, 3.8) is 0 Å². The average molecular weight is 426 g/mol. The highest BCUT2D eigenvalue weighted by atomic mass is 16.2. The van der Waals surface area contributed by atoms with Gasteiger partial charge in [0.1, 0.15) is 5.70 Å².